The molecule has 0 radical (unpaired) electrons. The van der Waals surface area contributed by atoms with Gasteiger partial charge in [0.1, 0.15) is 0 Å². The molecule has 1 aromatic carbocycles. The Morgan fingerprint density at radius 2 is 2.17 bits per heavy atom. The van der Waals surface area contributed by atoms with E-state index in [9.17, 15) is 0 Å². The number of hydrogen-bond donors (Lipinski definition) is 1. The van der Waals surface area contributed by atoms with Crippen molar-refractivity contribution in [1.82, 2.24) is 0 Å². The fourth-order valence-electron chi connectivity index (χ4n) is 1.55. The Morgan fingerprint density at radius 3 is 2.83 bits per heavy atom. The zero-order chi connectivity index (χ0) is 8.39. The van der Waals surface area contributed by atoms with E-state index in [1.54, 1.807) is 0 Å². The fourth-order valence-corrected chi connectivity index (χ4v) is 1.81. The molecule has 64 valence electrons. The maximum Gasteiger partial charge on any atom is -0.00574 e. The first-order chi connectivity index (χ1) is 5.90. The number of thiol groups is 1. The van der Waals surface area contributed by atoms with Crippen molar-refractivity contribution in [3.63, 3.8) is 0 Å². The second-order valence-electron chi connectivity index (χ2n) is 3.49. The summed E-state index contributed by atoms with van der Waals surface area (Å²) >= 11 is 4.23. The van der Waals surface area contributed by atoms with Crippen LogP contribution in [0.25, 0.3) is 0 Å². The highest BCUT2D eigenvalue weighted by molar-refractivity contribution is 7.80. The van der Waals surface area contributed by atoms with Gasteiger partial charge < -0.3 is 0 Å². The molecule has 0 nitrogen and oxygen atoms in total. The van der Waals surface area contributed by atoms with E-state index < -0.39 is 0 Å². The van der Waals surface area contributed by atoms with Crippen molar-refractivity contribution < 1.29 is 0 Å². The van der Waals surface area contributed by atoms with Gasteiger partial charge in [-0.1, -0.05) is 24.3 Å². The zero-order valence-electron chi connectivity index (χ0n) is 7.16. The summed E-state index contributed by atoms with van der Waals surface area (Å²) in [6, 6.07) is 8.96. The molecule has 1 heteroatoms. The standard InChI is InChI=1S/C11H14S/c12-7-6-9-2-1-3-11(8-9)10-4-5-10/h1-3,8,10,12H,4-7H2. The molecule has 1 saturated carbocycles. The molecule has 0 N–H and O–H groups in total. The molecule has 2 rings (SSSR count). The lowest BCUT2D eigenvalue weighted by Gasteiger charge is -2.01. The Bertz CT molecular complexity index is 263. The van der Waals surface area contributed by atoms with E-state index in [1.807, 2.05) is 0 Å². The molecule has 0 aliphatic heterocycles. The van der Waals surface area contributed by atoms with E-state index in [4.69, 9.17) is 0 Å². The lowest BCUT2D eigenvalue weighted by Crippen LogP contribution is -1.87. The van der Waals surface area contributed by atoms with Gasteiger partial charge in [0.15, 0.2) is 0 Å². The van der Waals surface area contributed by atoms with Crippen LogP contribution in [-0.4, -0.2) is 5.75 Å². The highest BCUT2D eigenvalue weighted by Gasteiger charge is 2.23. The van der Waals surface area contributed by atoms with Crippen LogP contribution in [0.2, 0.25) is 0 Å². The number of hydrogen-bond acceptors (Lipinski definition) is 1. The van der Waals surface area contributed by atoms with E-state index >= 15 is 0 Å². The molecule has 1 aliphatic rings. The molecule has 0 amide bonds. The van der Waals surface area contributed by atoms with Crippen molar-refractivity contribution in [1.29, 1.82) is 0 Å². The third kappa shape index (κ3) is 1.84. The van der Waals surface area contributed by atoms with Gasteiger partial charge >= 0.3 is 0 Å². The van der Waals surface area contributed by atoms with Crippen molar-refractivity contribution in [2.24, 2.45) is 0 Å². The van der Waals surface area contributed by atoms with Crippen molar-refractivity contribution in [3.05, 3.63) is 35.4 Å². The molecule has 1 aromatic rings. The van der Waals surface area contributed by atoms with Crippen LogP contribution in [0.5, 0.6) is 0 Å². The van der Waals surface area contributed by atoms with Crippen LogP contribution in [0, 0.1) is 0 Å². The van der Waals surface area contributed by atoms with E-state index in [1.165, 1.54) is 24.0 Å². The minimum Gasteiger partial charge on any atom is -0.179 e. The smallest absolute Gasteiger partial charge is 0.00574 e. The first-order valence-electron chi connectivity index (χ1n) is 4.60. The van der Waals surface area contributed by atoms with Gasteiger partial charge in [0.05, 0.1) is 0 Å². The number of aryl methyl sites for hydroxylation is 1. The van der Waals surface area contributed by atoms with Gasteiger partial charge in [-0.3, -0.25) is 0 Å². The van der Waals surface area contributed by atoms with E-state index in [0.717, 1.165) is 18.1 Å². The average Bonchev–Trinajstić information content (AvgIpc) is 2.88. The summed E-state index contributed by atoms with van der Waals surface area (Å²) in [4.78, 5) is 0. The predicted octanol–water partition coefficient (Wildman–Crippen LogP) is 3.04. The minimum atomic E-state index is 0.880. The Labute approximate surface area is 79.4 Å². The van der Waals surface area contributed by atoms with Crippen LogP contribution in [0.15, 0.2) is 24.3 Å². The monoisotopic (exact) mass is 178 g/mol. The second-order valence-corrected chi connectivity index (χ2v) is 3.94. The zero-order valence-corrected chi connectivity index (χ0v) is 8.06. The van der Waals surface area contributed by atoms with Crippen LogP contribution in [0.4, 0.5) is 0 Å². The molecular formula is C11H14S. The third-order valence-electron chi connectivity index (χ3n) is 2.40. The maximum absolute atomic E-state index is 4.23. The van der Waals surface area contributed by atoms with Gasteiger partial charge in [-0.25, -0.2) is 0 Å². The number of benzene rings is 1. The Balaban J connectivity index is 2.15. The van der Waals surface area contributed by atoms with E-state index in [0.29, 0.717) is 0 Å². The maximum atomic E-state index is 4.23. The van der Waals surface area contributed by atoms with Gasteiger partial charge in [-0.05, 0) is 42.1 Å². The summed E-state index contributed by atoms with van der Waals surface area (Å²) in [7, 11) is 0. The molecule has 0 atom stereocenters. The Hall–Kier alpha value is -0.430. The average molecular weight is 178 g/mol. The summed E-state index contributed by atoms with van der Waals surface area (Å²) in [5, 5.41) is 0. The molecule has 0 aromatic heterocycles. The van der Waals surface area contributed by atoms with Gasteiger partial charge in [0, 0.05) is 0 Å². The fraction of sp³-hybridized carbons (Fsp3) is 0.455. The molecule has 0 saturated heterocycles. The number of rotatable bonds is 3. The highest BCUT2D eigenvalue weighted by Crippen LogP contribution is 2.40. The molecule has 0 bridgehead atoms. The molecule has 0 unspecified atom stereocenters. The molecular weight excluding hydrogens is 164 g/mol. The van der Waals surface area contributed by atoms with E-state index in [2.05, 4.69) is 36.9 Å². The Kier molecular flexibility index (Phi) is 2.40. The van der Waals surface area contributed by atoms with E-state index in [-0.39, 0.29) is 0 Å². The van der Waals surface area contributed by atoms with Crippen LogP contribution in [0.1, 0.15) is 29.9 Å². The molecule has 0 spiro atoms. The van der Waals surface area contributed by atoms with Gasteiger partial charge in [0.2, 0.25) is 0 Å². The highest BCUT2D eigenvalue weighted by atomic mass is 32.1. The Morgan fingerprint density at radius 1 is 1.33 bits per heavy atom. The first-order valence-corrected chi connectivity index (χ1v) is 5.23. The summed E-state index contributed by atoms with van der Waals surface area (Å²) < 4.78 is 0. The SMILES string of the molecule is SCCc1cccc(C2CC2)c1. The van der Waals surface area contributed by atoms with Crippen molar-refractivity contribution in [3.8, 4) is 0 Å². The summed E-state index contributed by atoms with van der Waals surface area (Å²) in [6.45, 7) is 0. The topological polar surface area (TPSA) is 0 Å². The molecule has 0 heterocycles. The normalized spacial score (nSPS) is 16.4. The van der Waals surface area contributed by atoms with Crippen molar-refractivity contribution in [2.75, 3.05) is 5.75 Å². The summed E-state index contributed by atoms with van der Waals surface area (Å²) in [5.41, 5.74) is 2.98. The molecule has 1 aliphatic carbocycles. The lowest BCUT2D eigenvalue weighted by molar-refractivity contribution is 1.09. The van der Waals surface area contributed by atoms with Gasteiger partial charge in [-0.15, -0.1) is 0 Å². The van der Waals surface area contributed by atoms with Crippen molar-refractivity contribution >= 4 is 12.6 Å². The third-order valence-corrected chi connectivity index (χ3v) is 2.62. The molecule has 1 fully saturated rings. The quantitative estimate of drug-likeness (QED) is 0.676. The summed E-state index contributed by atoms with van der Waals surface area (Å²) in [5.74, 6) is 1.83. The van der Waals surface area contributed by atoms with Gasteiger partial charge in [-0.2, -0.15) is 12.6 Å². The summed E-state index contributed by atoms with van der Waals surface area (Å²) in [6.07, 6.45) is 3.89. The van der Waals surface area contributed by atoms with Crippen LogP contribution >= 0.6 is 12.6 Å². The van der Waals surface area contributed by atoms with Crippen LogP contribution in [0.3, 0.4) is 0 Å². The lowest BCUT2D eigenvalue weighted by atomic mass is 10.1. The van der Waals surface area contributed by atoms with Crippen LogP contribution in [-0.2, 0) is 6.42 Å². The molecule has 12 heavy (non-hydrogen) atoms. The second kappa shape index (κ2) is 3.53. The predicted molar refractivity (Wildman–Crippen MR) is 56.0 cm³/mol. The largest absolute Gasteiger partial charge is 0.179 e. The van der Waals surface area contributed by atoms with Gasteiger partial charge in [0.25, 0.3) is 0 Å². The van der Waals surface area contributed by atoms with Crippen LogP contribution < -0.4 is 0 Å². The first kappa shape index (κ1) is 8.18. The minimum absolute atomic E-state index is 0.880. The van der Waals surface area contributed by atoms with Crippen molar-refractivity contribution in [2.45, 2.75) is 25.2 Å².